The molecular formula is C13H13ClN2O3S2. The molecule has 0 aromatic heterocycles. The first-order valence-electron chi connectivity index (χ1n) is 6.20. The van der Waals surface area contributed by atoms with Gasteiger partial charge in [-0.3, -0.25) is 4.79 Å². The Labute approximate surface area is 136 Å². The minimum atomic E-state index is -0.402. The maximum absolute atomic E-state index is 11.8. The summed E-state index contributed by atoms with van der Waals surface area (Å²) >= 11 is 12.1. The first-order valence-corrected chi connectivity index (χ1v) is 7.97. The number of amides is 1. The number of hydrogen-bond acceptors (Lipinski definition) is 5. The van der Waals surface area contributed by atoms with Gasteiger partial charge in [0.15, 0.2) is 0 Å². The standard InChI is InChI=1S/C13H13ClN2O3S2/c14-8-2-1-3-9(6-8)15-11(17)7-21-13(20)16-10-4-5-19-12(10)18/h1-3,6,10H,4-5,7H2,(H,15,17)(H,16,20)/t10-/m0/s1. The topological polar surface area (TPSA) is 67.4 Å². The predicted molar refractivity (Wildman–Crippen MR) is 87.6 cm³/mol. The largest absolute Gasteiger partial charge is 0.464 e. The fourth-order valence-electron chi connectivity index (χ4n) is 1.71. The maximum Gasteiger partial charge on any atom is 0.328 e. The Hall–Kier alpha value is -1.31. The normalized spacial score (nSPS) is 17.2. The zero-order valence-electron chi connectivity index (χ0n) is 10.9. The van der Waals surface area contributed by atoms with Crippen LogP contribution >= 0.6 is 35.6 Å². The molecule has 1 aromatic carbocycles. The summed E-state index contributed by atoms with van der Waals surface area (Å²) in [5.74, 6) is -0.345. The third-order valence-corrected chi connectivity index (χ3v) is 4.16. The SMILES string of the molecule is O=C(CSC(=S)N[C@H]1CCOC1=O)Nc1cccc(Cl)c1. The molecule has 0 spiro atoms. The molecule has 2 rings (SSSR count). The number of cyclic esters (lactones) is 1. The van der Waals surface area contributed by atoms with E-state index in [-0.39, 0.29) is 17.6 Å². The number of thiocarbonyl (C=S) groups is 1. The van der Waals surface area contributed by atoms with Crippen LogP contribution in [0.1, 0.15) is 6.42 Å². The molecule has 1 aromatic rings. The van der Waals surface area contributed by atoms with Crippen molar-refractivity contribution in [1.29, 1.82) is 0 Å². The Kier molecular flexibility index (Phi) is 5.84. The highest BCUT2D eigenvalue weighted by Gasteiger charge is 2.26. The zero-order chi connectivity index (χ0) is 15.2. The first kappa shape index (κ1) is 16.1. The van der Waals surface area contributed by atoms with E-state index < -0.39 is 6.04 Å². The number of hydrogen-bond donors (Lipinski definition) is 2. The summed E-state index contributed by atoms with van der Waals surface area (Å²) in [7, 11) is 0. The lowest BCUT2D eigenvalue weighted by atomic mass is 10.3. The highest BCUT2D eigenvalue weighted by atomic mass is 35.5. The Morgan fingerprint density at radius 1 is 1.52 bits per heavy atom. The van der Waals surface area contributed by atoms with Crippen LogP contribution in [-0.4, -0.2) is 34.6 Å². The number of thioether (sulfide) groups is 1. The second kappa shape index (κ2) is 7.63. The number of ether oxygens (including phenoxy) is 1. The Balaban J connectivity index is 1.73. The van der Waals surface area contributed by atoms with Gasteiger partial charge in [0.25, 0.3) is 0 Å². The van der Waals surface area contributed by atoms with E-state index in [2.05, 4.69) is 10.6 Å². The van der Waals surface area contributed by atoms with Crippen molar-refractivity contribution < 1.29 is 14.3 Å². The first-order chi connectivity index (χ1) is 10.0. The number of carbonyl (C=O) groups is 2. The van der Waals surface area contributed by atoms with Gasteiger partial charge >= 0.3 is 5.97 Å². The summed E-state index contributed by atoms with van der Waals surface area (Å²) in [6.45, 7) is 0.402. The number of esters is 1. The minimum absolute atomic E-state index is 0.153. The van der Waals surface area contributed by atoms with Gasteiger partial charge < -0.3 is 15.4 Å². The van der Waals surface area contributed by atoms with Crippen LogP contribution in [0.5, 0.6) is 0 Å². The van der Waals surface area contributed by atoms with E-state index in [4.69, 9.17) is 28.6 Å². The molecule has 21 heavy (non-hydrogen) atoms. The number of rotatable bonds is 4. The monoisotopic (exact) mass is 344 g/mol. The summed E-state index contributed by atoms with van der Waals surface area (Å²) < 4.78 is 5.22. The Bertz CT molecular complexity index is 568. The van der Waals surface area contributed by atoms with Crippen LogP contribution in [0.2, 0.25) is 5.02 Å². The van der Waals surface area contributed by atoms with Crippen molar-refractivity contribution in [3.05, 3.63) is 29.3 Å². The van der Waals surface area contributed by atoms with Crippen LogP contribution in [0, 0.1) is 0 Å². The molecule has 2 N–H and O–H groups in total. The van der Waals surface area contributed by atoms with Crippen LogP contribution in [0.4, 0.5) is 5.69 Å². The predicted octanol–water partition coefficient (Wildman–Crippen LogP) is 2.20. The lowest BCUT2D eigenvalue weighted by Gasteiger charge is -2.11. The molecule has 0 aliphatic carbocycles. The molecule has 0 bridgehead atoms. The summed E-state index contributed by atoms with van der Waals surface area (Å²) in [6, 6.07) is 6.49. The van der Waals surface area contributed by atoms with Gasteiger partial charge in [0.2, 0.25) is 5.91 Å². The lowest BCUT2D eigenvalue weighted by molar-refractivity contribution is -0.139. The second-order valence-electron chi connectivity index (χ2n) is 4.29. The van der Waals surface area contributed by atoms with Crippen molar-refractivity contribution in [1.82, 2.24) is 5.32 Å². The van der Waals surface area contributed by atoms with E-state index in [1.165, 1.54) is 0 Å². The Morgan fingerprint density at radius 3 is 3.00 bits per heavy atom. The zero-order valence-corrected chi connectivity index (χ0v) is 13.3. The number of nitrogens with one attached hydrogen (secondary N) is 2. The fourth-order valence-corrected chi connectivity index (χ4v) is 2.77. The molecule has 0 radical (unpaired) electrons. The van der Waals surface area contributed by atoms with Crippen molar-refractivity contribution >= 4 is 57.5 Å². The molecule has 5 nitrogen and oxygen atoms in total. The number of anilines is 1. The van der Waals surface area contributed by atoms with Gasteiger partial charge in [-0.1, -0.05) is 41.6 Å². The molecule has 0 unspecified atom stereocenters. The Morgan fingerprint density at radius 2 is 2.33 bits per heavy atom. The van der Waals surface area contributed by atoms with Crippen LogP contribution < -0.4 is 10.6 Å². The quantitative estimate of drug-likeness (QED) is 0.644. The summed E-state index contributed by atoms with van der Waals surface area (Å²) in [5.41, 5.74) is 0.631. The average molecular weight is 345 g/mol. The molecule has 1 aliphatic heterocycles. The molecule has 1 heterocycles. The third-order valence-electron chi connectivity index (χ3n) is 2.67. The molecule has 1 aliphatic rings. The number of halogens is 1. The van der Waals surface area contributed by atoms with Crippen molar-refractivity contribution in [2.45, 2.75) is 12.5 Å². The van der Waals surface area contributed by atoms with Crippen molar-refractivity contribution in [3.8, 4) is 0 Å². The van der Waals surface area contributed by atoms with Crippen LogP contribution in [0.15, 0.2) is 24.3 Å². The van der Waals surface area contributed by atoms with E-state index in [9.17, 15) is 9.59 Å². The average Bonchev–Trinajstić information content (AvgIpc) is 2.82. The van der Waals surface area contributed by atoms with Crippen molar-refractivity contribution in [3.63, 3.8) is 0 Å². The molecule has 1 saturated heterocycles. The van der Waals surface area contributed by atoms with Crippen molar-refractivity contribution in [2.75, 3.05) is 17.7 Å². The molecule has 1 fully saturated rings. The summed E-state index contributed by atoms with van der Waals surface area (Å²) in [6.07, 6.45) is 0.592. The lowest BCUT2D eigenvalue weighted by Crippen LogP contribution is -2.36. The molecule has 0 saturated carbocycles. The smallest absolute Gasteiger partial charge is 0.328 e. The number of benzene rings is 1. The molecule has 1 atom stereocenters. The highest BCUT2D eigenvalue weighted by Crippen LogP contribution is 2.15. The highest BCUT2D eigenvalue weighted by molar-refractivity contribution is 8.23. The maximum atomic E-state index is 11.8. The van der Waals surface area contributed by atoms with Crippen LogP contribution in [0.3, 0.4) is 0 Å². The van der Waals surface area contributed by atoms with Crippen LogP contribution in [0.25, 0.3) is 0 Å². The molecule has 1 amide bonds. The molecule has 8 heteroatoms. The van der Waals surface area contributed by atoms with Gasteiger partial charge in [-0.05, 0) is 18.2 Å². The van der Waals surface area contributed by atoms with Gasteiger partial charge in [-0.15, -0.1) is 0 Å². The van der Waals surface area contributed by atoms with E-state index >= 15 is 0 Å². The van der Waals surface area contributed by atoms with E-state index in [0.717, 1.165) is 11.8 Å². The van der Waals surface area contributed by atoms with Gasteiger partial charge in [0.1, 0.15) is 10.4 Å². The van der Waals surface area contributed by atoms with Crippen LogP contribution in [-0.2, 0) is 14.3 Å². The van der Waals surface area contributed by atoms with Gasteiger partial charge in [0, 0.05) is 17.1 Å². The second-order valence-corrected chi connectivity index (χ2v) is 6.38. The summed E-state index contributed by atoms with van der Waals surface area (Å²) in [4.78, 5) is 23.1. The molecule has 112 valence electrons. The van der Waals surface area contributed by atoms with Crippen molar-refractivity contribution in [2.24, 2.45) is 0 Å². The minimum Gasteiger partial charge on any atom is -0.464 e. The van der Waals surface area contributed by atoms with E-state index in [1.54, 1.807) is 24.3 Å². The van der Waals surface area contributed by atoms with E-state index in [1.807, 2.05) is 0 Å². The van der Waals surface area contributed by atoms with Gasteiger partial charge in [-0.25, -0.2) is 4.79 Å². The molecular weight excluding hydrogens is 332 g/mol. The number of carbonyl (C=O) groups excluding carboxylic acids is 2. The van der Waals surface area contributed by atoms with E-state index in [0.29, 0.717) is 28.1 Å². The third kappa shape index (κ3) is 5.18. The van der Waals surface area contributed by atoms with Gasteiger partial charge in [0.05, 0.1) is 12.4 Å². The fraction of sp³-hybridized carbons (Fsp3) is 0.308. The summed E-state index contributed by atoms with van der Waals surface area (Å²) in [5, 5.41) is 6.15. The van der Waals surface area contributed by atoms with Gasteiger partial charge in [-0.2, -0.15) is 0 Å².